The van der Waals surface area contributed by atoms with Gasteiger partial charge in [0.2, 0.25) is 11.7 Å². The molecule has 0 bridgehead atoms. The van der Waals surface area contributed by atoms with Gasteiger partial charge in [0.1, 0.15) is 5.75 Å². The van der Waals surface area contributed by atoms with Crippen LogP contribution in [0, 0.1) is 10.1 Å². The van der Waals surface area contributed by atoms with E-state index in [1.165, 1.54) is 12.1 Å². The van der Waals surface area contributed by atoms with Crippen molar-refractivity contribution < 1.29 is 19.0 Å². The monoisotopic (exact) mass is 410 g/mol. The molecule has 0 fully saturated rings. The van der Waals surface area contributed by atoms with Crippen LogP contribution in [0.1, 0.15) is 29.6 Å². The van der Waals surface area contributed by atoms with Crippen LogP contribution in [0.4, 0.5) is 5.69 Å². The van der Waals surface area contributed by atoms with E-state index in [1.54, 1.807) is 48.4 Å². The lowest BCUT2D eigenvalue weighted by molar-refractivity contribution is -0.384. The Kier molecular flexibility index (Phi) is 6.74. The summed E-state index contributed by atoms with van der Waals surface area (Å²) in [5.41, 5.74) is 1.03. The normalized spacial score (nSPS) is 10.6. The predicted octanol–water partition coefficient (Wildman–Crippen LogP) is 3.75. The van der Waals surface area contributed by atoms with E-state index in [2.05, 4.69) is 10.1 Å². The molecule has 30 heavy (non-hydrogen) atoms. The number of nitro benzene ring substituents is 1. The molecule has 0 atom stereocenters. The van der Waals surface area contributed by atoms with E-state index in [0.717, 1.165) is 6.42 Å². The third-order valence-corrected chi connectivity index (χ3v) is 4.50. The van der Waals surface area contributed by atoms with Gasteiger partial charge < -0.3 is 14.2 Å². The van der Waals surface area contributed by atoms with E-state index in [0.29, 0.717) is 42.3 Å². The van der Waals surface area contributed by atoms with Gasteiger partial charge in [0, 0.05) is 42.8 Å². The molecule has 0 N–H and O–H groups in total. The molecule has 1 aromatic heterocycles. The quantitative estimate of drug-likeness (QED) is 0.390. The van der Waals surface area contributed by atoms with Crippen LogP contribution < -0.4 is 4.74 Å². The molecule has 1 heterocycles. The second-order valence-electron chi connectivity index (χ2n) is 6.59. The molecule has 1 amide bonds. The lowest BCUT2D eigenvalue weighted by Gasteiger charge is -2.21. The highest BCUT2D eigenvalue weighted by Gasteiger charge is 2.18. The first-order valence-electron chi connectivity index (χ1n) is 9.52. The van der Waals surface area contributed by atoms with Gasteiger partial charge in [-0.25, -0.2) is 0 Å². The number of aromatic nitrogens is 2. The number of amides is 1. The summed E-state index contributed by atoms with van der Waals surface area (Å²) in [5.74, 6) is 1.24. The largest absolute Gasteiger partial charge is 0.497 e. The summed E-state index contributed by atoms with van der Waals surface area (Å²) in [7, 11) is 1.58. The first kappa shape index (κ1) is 21.0. The molecule has 9 heteroatoms. The number of nitro groups is 1. The third kappa shape index (κ3) is 4.99. The van der Waals surface area contributed by atoms with Crippen molar-refractivity contribution in [1.82, 2.24) is 15.0 Å². The van der Waals surface area contributed by atoms with Gasteiger partial charge in [-0.3, -0.25) is 14.9 Å². The first-order valence-corrected chi connectivity index (χ1v) is 9.52. The maximum Gasteiger partial charge on any atom is 0.270 e. The SMILES string of the molecule is CCCN(CCc1nc(-c2cccc([N+](=O)[O-])c2)no1)C(=O)c1ccc(OC)cc1. The maximum absolute atomic E-state index is 12.8. The smallest absolute Gasteiger partial charge is 0.270 e. The number of nitrogens with zero attached hydrogens (tertiary/aromatic N) is 4. The van der Waals surface area contributed by atoms with Crippen molar-refractivity contribution in [3.05, 3.63) is 70.1 Å². The van der Waals surface area contributed by atoms with E-state index < -0.39 is 4.92 Å². The number of methoxy groups -OCH3 is 1. The van der Waals surface area contributed by atoms with Gasteiger partial charge in [0.25, 0.3) is 11.6 Å². The Balaban J connectivity index is 1.68. The highest BCUT2D eigenvalue weighted by molar-refractivity contribution is 5.94. The molecule has 2 aromatic carbocycles. The van der Waals surface area contributed by atoms with Gasteiger partial charge in [-0.15, -0.1) is 0 Å². The zero-order valence-electron chi connectivity index (χ0n) is 16.8. The molecule has 3 aromatic rings. The molecule has 3 rings (SSSR count). The van der Waals surface area contributed by atoms with Gasteiger partial charge in [0.15, 0.2) is 0 Å². The van der Waals surface area contributed by atoms with Crippen LogP contribution >= 0.6 is 0 Å². The molecule has 156 valence electrons. The molecule has 0 radical (unpaired) electrons. The fourth-order valence-corrected chi connectivity index (χ4v) is 2.96. The topological polar surface area (TPSA) is 112 Å². The highest BCUT2D eigenvalue weighted by Crippen LogP contribution is 2.21. The number of non-ortho nitro benzene ring substituents is 1. The van der Waals surface area contributed by atoms with Gasteiger partial charge in [0.05, 0.1) is 12.0 Å². The van der Waals surface area contributed by atoms with Crippen molar-refractivity contribution in [3.8, 4) is 17.1 Å². The van der Waals surface area contributed by atoms with Crippen LogP contribution in [0.3, 0.4) is 0 Å². The number of carbonyl (C=O) groups excluding carboxylic acids is 1. The van der Waals surface area contributed by atoms with Crippen molar-refractivity contribution in [2.24, 2.45) is 0 Å². The second kappa shape index (κ2) is 9.64. The molecular formula is C21H22N4O5. The fraction of sp³-hybridized carbons (Fsp3) is 0.286. The number of hydrogen-bond donors (Lipinski definition) is 0. The average Bonchev–Trinajstić information content (AvgIpc) is 3.25. The number of hydrogen-bond acceptors (Lipinski definition) is 7. The average molecular weight is 410 g/mol. The minimum absolute atomic E-state index is 0.0435. The summed E-state index contributed by atoms with van der Waals surface area (Å²) in [6.07, 6.45) is 1.19. The fourth-order valence-electron chi connectivity index (χ4n) is 2.96. The van der Waals surface area contributed by atoms with E-state index in [-0.39, 0.29) is 17.4 Å². The summed E-state index contributed by atoms with van der Waals surface area (Å²) in [6.45, 7) is 3.01. The van der Waals surface area contributed by atoms with Crippen LogP contribution in [0.2, 0.25) is 0 Å². The van der Waals surface area contributed by atoms with Crippen LogP contribution in [0.15, 0.2) is 53.1 Å². The van der Waals surface area contributed by atoms with Crippen LogP contribution in [0.5, 0.6) is 5.75 Å². The van der Waals surface area contributed by atoms with Crippen LogP contribution in [-0.2, 0) is 6.42 Å². The lowest BCUT2D eigenvalue weighted by atomic mass is 10.1. The summed E-state index contributed by atoms with van der Waals surface area (Å²) in [4.78, 5) is 29.4. The van der Waals surface area contributed by atoms with Gasteiger partial charge in [-0.05, 0) is 30.7 Å². The Morgan fingerprint density at radius 2 is 1.97 bits per heavy atom. The summed E-state index contributed by atoms with van der Waals surface area (Å²) in [5, 5.41) is 14.8. The Labute approximate surface area is 173 Å². The summed E-state index contributed by atoms with van der Waals surface area (Å²) < 4.78 is 10.4. The maximum atomic E-state index is 12.8. The minimum atomic E-state index is -0.474. The molecule has 0 aliphatic rings. The van der Waals surface area contributed by atoms with Crippen molar-refractivity contribution in [1.29, 1.82) is 0 Å². The number of benzene rings is 2. The van der Waals surface area contributed by atoms with Gasteiger partial charge in [-0.2, -0.15) is 4.98 Å². The molecule has 0 saturated carbocycles. The molecule has 0 saturated heterocycles. The number of rotatable bonds is 9. The Hall–Kier alpha value is -3.75. The molecular weight excluding hydrogens is 388 g/mol. The Morgan fingerprint density at radius 1 is 1.20 bits per heavy atom. The number of carbonyl (C=O) groups is 1. The van der Waals surface area contributed by atoms with Crippen molar-refractivity contribution in [2.75, 3.05) is 20.2 Å². The van der Waals surface area contributed by atoms with E-state index in [9.17, 15) is 14.9 Å². The molecule has 0 spiro atoms. The van der Waals surface area contributed by atoms with Crippen molar-refractivity contribution in [2.45, 2.75) is 19.8 Å². The summed E-state index contributed by atoms with van der Waals surface area (Å²) in [6, 6.07) is 13.0. The van der Waals surface area contributed by atoms with E-state index in [1.807, 2.05) is 6.92 Å². The zero-order chi connectivity index (χ0) is 21.5. The van der Waals surface area contributed by atoms with E-state index in [4.69, 9.17) is 9.26 Å². The Morgan fingerprint density at radius 3 is 2.63 bits per heavy atom. The van der Waals surface area contributed by atoms with Crippen LogP contribution in [0.25, 0.3) is 11.4 Å². The third-order valence-electron chi connectivity index (χ3n) is 4.50. The molecule has 0 aliphatic carbocycles. The minimum Gasteiger partial charge on any atom is -0.497 e. The predicted molar refractivity (Wildman–Crippen MR) is 109 cm³/mol. The van der Waals surface area contributed by atoms with Crippen molar-refractivity contribution >= 4 is 11.6 Å². The molecule has 0 unspecified atom stereocenters. The van der Waals surface area contributed by atoms with E-state index >= 15 is 0 Å². The standard InChI is InChI=1S/C21H22N4O5/c1-3-12-24(21(26)15-7-9-18(29-2)10-8-15)13-11-19-22-20(23-30-19)16-5-4-6-17(14-16)25(27)28/h4-10,14H,3,11-13H2,1-2H3. The lowest BCUT2D eigenvalue weighted by Crippen LogP contribution is -2.33. The van der Waals surface area contributed by atoms with Crippen molar-refractivity contribution in [3.63, 3.8) is 0 Å². The van der Waals surface area contributed by atoms with Gasteiger partial charge >= 0.3 is 0 Å². The van der Waals surface area contributed by atoms with Crippen LogP contribution in [-0.4, -0.2) is 46.1 Å². The zero-order valence-corrected chi connectivity index (χ0v) is 16.8. The Bertz CT molecular complexity index is 1020. The number of ether oxygens (including phenoxy) is 1. The molecule has 9 nitrogen and oxygen atoms in total. The second-order valence-corrected chi connectivity index (χ2v) is 6.59. The molecule has 0 aliphatic heterocycles. The van der Waals surface area contributed by atoms with Gasteiger partial charge in [-0.1, -0.05) is 24.2 Å². The first-order chi connectivity index (χ1) is 14.5. The summed E-state index contributed by atoms with van der Waals surface area (Å²) >= 11 is 0. The highest BCUT2D eigenvalue weighted by atomic mass is 16.6.